The summed E-state index contributed by atoms with van der Waals surface area (Å²) in [5.41, 5.74) is 3.24. The van der Waals surface area contributed by atoms with E-state index in [1.165, 1.54) is 11.1 Å². The van der Waals surface area contributed by atoms with Crippen LogP contribution in [0, 0.1) is 0 Å². The summed E-state index contributed by atoms with van der Waals surface area (Å²) in [6.07, 6.45) is 1.35. The fourth-order valence-electron chi connectivity index (χ4n) is 2.12. The molecule has 0 unspecified atom stereocenters. The van der Waals surface area contributed by atoms with Gasteiger partial charge < -0.3 is 0 Å². The van der Waals surface area contributed by atoms with Gasteiger partial charge in [0, 0.05) is 16.5 Å². The van der Waals surface area contributed by atoms with Gasteiger partial charge in [-0.3, -0.25) is 4.79 Å². The van der Waals surface area contributed by atoms with Gasteiger partial charge in [0.2, 0.25) is 0 Å². The molecule has 0 aromatic heterocycles. The Morgan fingerprint density at radius 1 is 1.10 bits per heavy atom. The molecule has 104 valence electrons. The highest BCUT2D eigenvalue weighted by molar-refractivity contribution is 9.10. The predicted molar refractivity (Wildman–Crippen MR) is 87.3 cm³/mol. The van der Waals surface area contributed by atoms with Gasteiger partial charge in [-0.05, 0) is 41.7 Å². The Morgan fingerprint density at radius 3 is 2.45 bits per heavy atom. The number of rotatable bonds is 5. The van der Waals surface area contributed by atoms with E-state index in [2.05, 4.69) is 48.0 Å². The lowest BCUT2D eigenvalue weighted by Crippen LogP contribution is -2.02. The van der Waals surface area contributed by atoms with Gasteiger partial charge in [-0.2, -0.15) is 0 Å². The van der Waals surface area contributed by atoms with Gasteiger partial charge in [0.1, 0.15) is 0 Å². The van der Waals surface area contributed by atoms with E-state index < -0.39 is 0 Å². The summed E-state index contributed by atoms with van der Waals surface area (Å²) in [6, 6.07) is 16.1. The second kappa shape index (κ2) is 6.85. The molecular weight excluding hydrogens is 312 g/mol. The Hall–Kier alpha value is -1.41. The molecule has 2 rings (SSSR count). The molecular formula is C18H19BrO. The van der Waals surface area contributed by atoms with E-state index in [1.54, 1.807) is 0 Å². The predicted octanol–water partition coefficient (Wildman–Crippen LogP) is 5.39. The summed E-state index contributed by atoms with van der Waals surface area (Å²) < 4.78 is 1.07. The van der Waals surface area contributed by atoms with Crippen LogP contribution in [0.5, 0.6) is 0 Å². The number of benzene rings is 2. The maximum absolute atomic E-state index is 12.3. The third kappa shape index (κ3) is 4.04. The zero-order valence-electron chi connectivity index (χ0n) is 11.9. The van der Waals surface area contributed by atoms with Crippen molar-refractivity contribution in [2.24, 2.45) is 0 Å². The lowest BCUT2D eigenvalue weighted by Gasteiger charge is -2.07. The maximum Gasteiger partial charge on any atom is 0.163 e. The van der Waals surface area contributed by atoms with E-state index in [9.17, 15) is 4.79 Å². The van der Waals surface area contributed by atoms with Crippen LogP contribution in [0.2, 0.25) is 0 Å². The van der Waals surface area contributed by atoms with E-state index in [0.29, 0.717) is 12.3 Å². The van der Waals surface area contributed by atoms with Crippen LogP contribution >= 0.6 is 15.9 Å². The smallest absolute Gasteiger partial charge is 0.163 e. The Balaban J connectivity index is 2.01. The molecule has 0 spiro atoms. The van der Waals surface area contributed by atoms with Crippen LogP contribution in [0.15, 0.2) is 53.0 Å². The molecule has 0 saturated carbocycles. The summed E-state index contributed by atoms with van der Waals surface area (Å²) in [5.74, 6) is 0.671. The Bertz CT molecular complexity index is 585. The van der Waals surface area contributed by atoms with Gasteiger partial charge in [0.25, 0.3) is 0 Å². The number of carbonyl (C=O) groups excluding carboxylic acids is 1. The lowest BCUT2D eigenvalue weighted by atomic mass is 9.97. The molecule has 0 aliphatic rings. The van der Waals surface area contributed by atoms with Crippen LogP contribution in [0.4, 0.5) is 0 Å². The molecule has 0 amide bonds. The van der Waals surface area contributed by atoms with Crippen molar-refractivity contribution < 1.29 is 4.79 Å². The highest BCUT2D eigenvalue weighted by Gasteiger charge is 2.08. The van der Waals surface area contributed by atoms with Crippen molar-refractivity contribution in [3.05, 3.63) is 69.7 Å². The van der Waals surface area contributed by atoms with E-state index >= 15 is 0 Å². The zero-order valence-corrected chi connectivity index (χ0v) is 13.5. The Kier molecular flexibility index (Phi) is 5.13. The number of carbonyl (C=O) groups is 1. The van der Waals surface area contributed by atoms with Crippen molar-refractivity contribution in [1.29, 1.82) is 0 Å². The molecule has 1 nitrogen and oxygen atoms in total. The number of aryl methyl sites for hydroxylation is 1. The molecule has 2 aromatic carbocycles. The molecule has 0 radical (unpaired) electrons. The first-order valence-corrected chi connectivity index (χ1v) is 7.73. The molecule has 20 heavy (non-hydrogen) atoms. The van der Waals surface area contributed by atoms with Crippen molar-refractivity contribution in [2.75, 3.05) is 0 Å². The molecule has 0 saturated heterocycles. The van der Waals surface area contributed by atoms with Crippen molar-refractivity contribution in [3.63, 3.8) is 0 Å². The second-order valence-electron chi connectivity index (χ2n) is 5.33. The van der Waals surface area contributed by atoms with Crippen LogP contribution in [-0.2, 0) is 6.42 Å². The summed E-state index contributed by atoms with van der Waals surface area (Å²) in [4.78, 5) is 12.3. The molecule has 0 heterocycles. The summed E-state index contributed by atoms with van der Waals surface area (Å²) in [7, 11) is 0. The standard InChI is InChI=1S/C18H19BrO/c1-13(2)15-4-3-5-16(12-15)18(20)11-8-14-6-9-17(19)10-7-14/h3-7,9-10,12-13H,8,11H2,1-2H3. The minimum Gasteiger partial charge on any atom is -0.294 e. The number of ketones is 1. The van der Waals surface area contributed by atoms with Gasteiger partial charge in [0.15, 0.2) is 5.78 Å². The minimum atomic E-state index is 0.218. The van der Waals surface area contributed by atoms with Crippen LogP contribution in [0.25, 0.3) is 0 Å². The number of hydrogen-bond acceptors (Lipinski definition) is 1. The molecule has 0 aliphatic heterocycles. The van der Waals surface area contributed by atoms with Crippen LogP contribution in [0.1, 0.15) is 47.7 Å². The van der Waals surface area contributed by atoms with E-state index in [0.717, 1.165) is 16.5 Å². The molecule has 0 bridgehead atoms. The van der Waals surface area contributed by atoms with E-state index in [4.69, 9.17) is 0 Å². The topological polar surface area (TPSA) is 17.1 Å². The highest BCUT2D eigenvalue weighted by Crippen LogP contribution is 2.18. The molecule has 0 fully saturated rings. The fourth-order valence-corrected chi connectivity index (χ4v) is 2.39. The molecule has 0 aliphatic carbocycles. The van der Waals surface area contributed by atoms with Crippen LogP contribution in [-0.4, -0.2) is 5.78 Å². The van der Waals surface area contributed by atoms with Gasteiger partial charge >= 0.3 is 0 Å². The second-order valence-corrected chi connectivity index (χ2v) is 6.25. The van der Waals surface area contributed by atoms with Crippen LogP contribution in [0.3, 0.4) is 0 Å². The zero-order chi connectivity index (χ0) is 14.5. The Morgan fingerprint density at radius 2 is 1.80 bits per heavy atom. The average Bonchev–Trinajstić information content (AvgIpc) is 2.46. The van der Waals surface area contributed by atoms with Gasteiger partial charge in [0.05, 0.1) is 0 Å². The summed E-state index contributed by atoms with van der Waals surface area (Å²) >= 11 is 3.42. The van der Waals surface area contributed by atoms with E-state index in [-0.39, 0.29) is 5.78 Å². The van der Waals surface area contributed by atoms with Crippen molar-refractivity contribution in [1.82, 2.24) is 0 Å². The van der Waals surface area contributed by atoms with Gasteiger partial charge in [-0.25, -0.2) is 0 Å². The van der Waals surface area contributed by atoms with Crippen LogP contribution < -0.4 is 0 Å². The quantitative estimate of drug-likeness (QED) is 0.672. The molecule has 2 heteroatoms. The number of Topliss-reactive ketones (excluding diaryl/α,β-unsaturated/α-hetero) is 1. The SMILES string of the molecule is CC(C)c1cccc(C(=O)CCc2ccc(Br)cc2)c1. The summed E-state index contributed by atoms with van der Waals surface area (Å²) in [5, 5.41) is 0. The monoisotopic (exact) mass is 330 g/mol. The Labute approximate surface area is 129 Å². The molecule has 2 aromatic rings. The average molecular weight is 331 g/mol. The van der Waals surface area contributed by atoms with Crippen molar-refractivity contribution >= 4 is 21.7 Å². The maximum atomic E-state index is 12.3. The first-order valence-electron chi connectivity index (χ1n) is 6.94. The first-order chi connectivity index (χ1) is 9.56. The van der Waals surface area contributed by atoms with Gasteiger partial charge in [-0.1, -0.05) is 60.1 Å². The van der Waals surface area contributed by atoms with Crippen molar-refractivity contribution in [2.45, 2.75) is 32.6 Å². The number of halogens is 1. The fraction of sp³-hybridized carbons (Fsp3) is 0.278. The van der Waals surface area contributed by atoms with Gasteiger partial charge in [-0.15, -0.1) is 0 Å². The van der Waals surface area contributed by atoms with E-state index in [1.807, 2.05) is 30.3 Å². The highest BCUT2D eigenvalue weighted by atomic mass is 79.9. The summed E-state index contributed by atoms with van der Waals surface area (Å²) in [6.45, 7) is 4.29. The number of hydrogen-bond donors (Lipinski definition) is 0. The third-order valence-electron chi connectivity index (χ3n) is 3.43. The normalized spacial score (nSPS) is 10.8. The van der Waals surface area contributed by atoms with Crippen molar-refractivity contribution in [3.8, 4) is 0 Å². The molecule has 0 N–H and O–H groups in total. The minimum absolute atomic E-state index is 0.218. The third-order valence-corrected chi connectivity index (χ3v) is 3.96. The lowest BCUT2D eigenvalue weighted by molar-refractivity contribution is 0.0982. The largest absolute Gasteiger partial charge is 0.294 e. The molecule has 0 atom stereocenters. The first kappa shape index (κ1) is 15.0.